The van der Waals surface area contributed by atoms with Gasteiger partial charge in [-0.1, -0.05) is 19.4 Å². The molecule has 2 aromatic rings. The second-order valence-corrected chi connectivity index (χ2v) is 5.53. The van der Waals surface area contributed by atoms with Crippen LogP contribution in [0.2, 0.25) is 0 Å². The molecule has 0 radical (unpaired) electrons. The third-order valence-electron chi connectivity index (χ3n) is 2.89. The summed E-state index contributed by atoms with van der Waals surface area (Å²) < 4.78 is 13.8. The molecule has 2 rings (SSSR count). The fraction of sp³-hybridized carbons (Fsp3) is 0.286. The summed E-state index contributed by atoms with van der Waals surface area (Å²) in [5.41, 5.74) is 0. The van der Waals surface area contributed by atoms with Crippen LogP contribution in [0.4, 0.5) is 4.39 Å². The van der Waals surface area contributed by atoms with E-state index >= 15 is 0 Å². The van der Waals surface area contributed by atoms with Crippen molar-refractivity contribution in [3.8, 4) is 0 Å². The lowest BCUT2D eigenvalue weighted by molar-refractivity contribution is -0.139. The number of carboxylic acid groups (broad SMARTS) is 1. The number of hydrogen-bond acceptors (Lipinski definition) is 3. The Morgan fingerprint density at radius 3 is 2.80 bits per heavy atom. The molecular formula is C14H14FNO3S. The van der Waals surface area contributed by atoms with Gasteiger partial charge in [-0.3, -0.25) is 4.79 Å². The molecule has 0 aliphatic heterocycles. The summed E-state index contributed by atoms with van der Waals surface area (Å²) in [6.45, 7) is 1.85. The molecule has 4 nitrogen and oxygen atoms in total. The number of nitrogens with one attached hydrogen (secondary N) is 1. The van der Waals surface area contributed by atoms with Crippen molar-refractivity contribution >= 4 is 33.3 Å². The highest BCUT2D eigenvalue weighted by molar-refractivity contribution is 7.20. The van der Waals surface area contributed by atoms with E-state index in [1.54, 1.807) is 12.1 Å². The normalized spacial score (nSPS) is 12.3. The number of aliphatic carboxylic acids is 1. The first-order chi connectivity index (χ1) is 9.51. The van der Waals surface area contributed by atoms with Crippen molar-refractivity contribution < 1.29 is 19.1 Å². The fourth-order valence-corrected chi connectivity index (χ4v) is 2.88. The van der Waals surface area contributed by atoms with Gasteiger partial charge in [0, 0.05) is 4.70 Å². The zero-order chi connectivity index (χ0) is 14.7. The lowest BCUT2D eigenvalue weighted by Crippen LogP contribution is -2.40. The highest BCUT2D eigenvalue weighted by Crippen LogP contribution is 2.26. The van der Waals surface area contributed by atoms with E-state index in [1.807, 2.05) is 6.92 Å². The highest BCUT2D eigenvalue weighted by Gasteiger charge is 2.20. The summed E-state index contributed by atoms with van der Waals surface area (Å²) in [4.78, 5) is 23.4. The topological polar surface area (TPSA) is 66.4 Å². The maximum absolute atomic E-state index is 13.1. The van der Waals surface area contributed by atoms with Gasteiger partial charge in [0.05, 0.1) is 4.88 Å². The van der Waals surface area contributed by atoms with E-state index in [1.165, 1.54) is 12.1 Å². The van der Waals surface area contributed by atoms with Crippen molar-refractivity contribution in [2.24, 2.45) is 0 Å². The molecule has 0 aliphatic carbocycles. The summed E-state index contributed by atoms with van der Waals surface area (Å²) in [5, 5.41) is 12.3. The molecule has 0 fully saturated rings. The van der Waals surface area contributed by atoms with Crippen LogP contribution in [0.15, 0.2) is 24.3 Å². The smallest absolute Gasteiger partial charge is 0.326 e. The Balaban J connectivity index is 2.20. The number of carboxylic acids is 1. The van der Waals surface area contributed by atoms with Crippen molar-refractivity contribution in [3.63, 3.8) is 0 Å². The third kappa shape index (κ3) is 3.14. The van der Waals surface area contributed by atoms with Crippen molar-refractivity contribution in [2.45, 2.75) is 25.8 Å². The molecule has 20 heavy (non-hydrogen) atoms. The van der Waals surface area contributed by atoms with E-state index in [9.17, 15) is 14.0 Å². The number of rotatable bonds is 5. The largest absolute Gasteiger partial charge is 0.480 e. The first-order valence-electron chi connectivity index (χ1n) is 6.24. The van der Waals surface area contributed by atoms with Gasteiger partial charge in [0.2, 0.25) is 0 Å². The first kappa shape index (κ1) is 14.5. The summed E-state index contributed by atoms with van der Waals surface area (Å²) in [6.07, 6.45) is 1.04. The quantitative estimate of drug-likeness (QED) is 0.891. The van der Waals surface area contributed by atoms with E-state index in [2.05, 4.69) is 5.32 Å². The van der Waals surface area contributed by atoms with Gasteiger partial charge < -0.3 is 10.4 Å². The molecule has 0 saturated carbocycles. The van der Waals surface area contributed by atoms with Gasteiger partial charge in [0.1, 0.15) is 11.9 Å². The summed E-state index contributed by atoms with van der Waals surface area (Å²) in [5.74, 6) is -1.85. The molecule has 0 spiro atoms. The number of carbonyl (C=O) groups excluding carboxylic acids is 1. The molecule has 0 unspecified atom stereocenters. The van der Waals surface area contributed by atoms with Crippen LogP contribution in [-0.2, 0) is 4.79 Å². The number of carbonyl (C=O) groups is 2. The van der Waals surface area contributed by atoms with E-state index in [4.69, 9.17) is 5.11 Å². The van der Waals surface area contributed by atoms with Gasteiger partial charge in [-0.05, 0) is 30.0 Å². The first-order valence-corrected chi connectivity index (χ1v) is 7.05. The number of thiophene rings is 1. The number of benzene rings is 1. The van der Waals surface area contributed by atoms with Gasteiger partial charge in [-0.25, -0.2) is 9.18 Å². The number of hydrogen-bond donors (Lipinski definition) is 2. The predicted molar refractivity (Wildman–Crippen MR) is 75.6 cm³/mol. The summed E-state index contributed by atoms with van der Waals surface area (Å²) in [7, 11) is 0. The van der Waals surface area contributed by atoms with Gasteiger partial charge >= 0.3 is 5.97 Å². The van der Waals surface area contributed by atoms with Crippen molar-refractivity contribution in [3.05, 3.63) is 35.0 Å². The molecule has 0 saturated heterocycles. The molecular weight excluding hydrogens is 281 g/mol. The average Bonchev–Trinajstić information content (AvgIpc) is 2.80. The average molecular weight is 295 g/mol. The second kappa shape index (κ2) is 6.00. The third-order valence-corrected chi connectivity index (χ3v) is 3.98. The Labute approximate surface area is 119 Å². The lowest BCUT2D eigenvalue weighted by Gasteiger charge is -2.12. The molecule has 1 aromatic carbocycles. The van der Waals surface area contributed by atoms with Gasteiger partial charge in [-0.2, -0.15) is 0 Å². The standard InChI is InChI=1S/C14H14FNO3S/c1-2-3-10(14(18)19)16-13(17)12-6-8-4-5-9(15)7-11(8)20-12/h4-7,10H,2-3H2,1H3,(H,16,17)(H,18,19)/t10-/m1/s1. The molecule has 1 atom stereocenters. The van der Waals surface area contributed by atoms with Crippen molar-refractivity contribution in [1.29, 1.82) is 0 Å². The molecule has 0 bridgehead atoms. The van der Waals surface area contributed by atoms with Crippen LogP contribution in [0.3, 0.4) is 0 Å². The molecule has 1 aromatic heterocycles. The lowest BCUT2D eigenvalue weighted by atomic mass is 10.1. The van der Waals surface area contributed by atoms with Crippen LogP contribution >= 0.6 is 11.3 Å². The maximum atomic E-state index is 13.1. The minimum Gasteiger partial charge on any atom is -0.480 e. The molecule has 1 heterocycles. The van der Waals surface area contributed by atoms with Gasteiger partial charge in [-0.15, -0.1) is 11.3 Å². The van der Waals surface area contributed by atoms with E-state index in [0.717, 1.165) is 16.7 Å². The Bertz CT molecular complexity index is 653. The second-order valence-electron chi connectivity index (χ2n) is 4.45. The van der Waals surface area contributed by atoms with Crippen molar-refractivity contribution in [2.75, 3.05) is 0 Å². The van der Waals surface area contributed by atoms with Crippen LogP contribution in [0.25, 0.3) is 10.1 Å². The zero-order valence-corrected chi connectivity index (χ0v) is 11.7. The van der Waals surface area contributed by atoms with Crippen LogP contribution in [0.5, 0.6) is 0 Å². The molecule has 1 amide bonds. The monoisotopic (exact) mass is 295 g/mol. The minimum absolute atomic E-state index is 0.360. The Kier molecular flexibility index (Phi) is 4.34. The summed E-state index contributed by atoms with van der Waals surface area (Å²) in [6, 6.07) is 5.03. The predicted octanol–water partition coefficient (Wildman–Crippen LogP) is 3.02. The van der Waals surface area contributed by atoms with Crippen LogP contribution in [0.1, 0.15) is 29.4 Å². The Morgan fingerprint density at radius 1 is 1.40 bits per heavy atom. The van der Waals surface area contributed by atoms with Gasteiger partial charge in [0.25, 0.3) is 5.91 Å². The molecule has 2 N–H and O–H groups in total. The fourth-order valence-electron chi connectivity index (χ4n) is 1.89. The Hall–Kier alpha value is -1.95. The molecule has 6 heteroatoms. The zero-order valence-electron chi connectivity index (χ0n) is 10.9. The summed E-state index contributed by atoms with van der Waals surface area (Å²) >= 11 is 1.15. The van der Waals surface area contributed by atoms with Crippen LogP contribution in [0, 0.1) is 5.82 Å². The SMILES string of the molecule is CCC[C@@H](NC(=O)c1cc2ccc(F)cc2s1)C(=O)O. The van der Waals surface area contributed by atoms with Crippen LogP contribution < -0.4 is 5.32 Å². The van der Waals surface area contributed by atoms with E-state index in [-0.39, 0.29) is 5.82 Å². The number of halogens is 1. The van der Waals surface area contributed by atoms with E-state index in [0.29, 0.717) is 22.4 Å². The molecule has 0 aliphatic rings. The Morgan fingerprint density at radius 2 is 2.15 bits per heavy atom. The highest BCUT2D eigenvalue weighted by atomic mass is 32.1. The van der Waals surface area contributed by atoms with Gasteiger partial charge in [0.15, 0.2) is 0 Å². The van der Waals surface area contributed by atoms with Crippen LogP contribution in [-0.4, -0.2) is 23.0 Å². The minimum atomic E-state index is -1.05. The van der Waals surface area contributed by atoms with Crippen molar-refractivity contribution in [1.82, 2.24) is 5.32 Å². The number of amides is 1. The maximum Gasteiger partial charge on any atom is 0.326 e. The number of fused-ring (bicyclic) bond motifs is 1. The molecule has 106 valence electrons. The van der Waals surface area contributed by atoms with E-state index < -0.39 is 17.9 Å².